The second-order valence-corrected chi connectivity index (χ2v) is 5.63. The van der Waals surface area contributed by atoms with Gasteiger partial charge in [-0.05, 0) is 49.9 Å². The molecule has 2 N–H and O–H groups in total. The molecule has 1 saturated heterocycles. The predicted molar refractivity (Wildman–Crippen MR) is 81.8 cm³/mol. The van der Waals surface area contributed by atoms with Crippen LogP contribution in [0.3, 0.4) is 0 Å². The van der Waals surface area contributed by atoms with Gasteiger partial charge in [0.05, 0.1) is 5.60 Å². The quantitative estimate of drug-likeness (QED) is 0.900. The maximum absolute atomic E-state index is 12.2. The average molecular weight is 297 g/mol. The van der Waals surface area contributed by atoms with Gasteiger partial charge >= 0.3 is 0 Å². The Morgan fingerprint density at radius 3 is 3.10 bits per heavy atom. The standard InChI is InChI=1S/C15H20N2O2.ClH/c1-15(6-2-8-19-15)10-17-14(18)12-3-4-13-11(9-12)5-7-16-13;/h3-4,9,16H,2,5-8,10H2,1H3,(H,17,18);1H. The SMILES string of the molecule is CC1(CNC(=O)c2ccc3c(c2)CCN3)CCCO1.Cl. The monoisotopic (exact) mass is 296 g/mol. The van der Waals surface area contributed by atoms with Crippen molar-refractivity contribution in [3.05, 3.63) is 29.3 Å². The first kappa shape index (κ1) is 15.1. The molecule has 1 aromatic rings. The first-order valence-electron chi connectivity index (χ1n) is 6.95. The third kappa shape index (κ3) is 3.07. The van der Waals surface area contributed by atoms with Gasteiger partial charge in [0.15, 0.2) is 0 Å². The van der Waals surface area contributed by atoms with Gasteiger partial charge in [0, 0.05) is 30.9 Å². The Labute approximate surface area is 125 Å². The van der Waals surface area contributed by atoms with Gasteiger partial charge in [-0.2, -0.15) is 0 Å². The molecule has 5 heteroatoms. The number of rotatable bonds is 3. The van der Waals surface area contributed by atoms with E-state index in [1.807, 2.05) is 18.2 Å². The summed E-state index contributed by atoms with van der Waals surface area (Å²) in [5.41, 5.74) is 2.94. The van der Waals surface area contributed by atoms with Crippen molar-refractivity contribution in [3.8, 4) is 0 Å². The molecule has 20 heavy (non-hydrogen) atoms. The van der Waals surface area contributed by atoms with Crippen LogP contribution in [-0.2, 0) is 11.2 Å². The largest absolute Gasteiger partial charge is 0.384 e. The molecule has 2 aliphatic heterocycles. The fourth-order valence-electron chi connectivity index (χ4n) is 2.79. The Bertz CT molecular complexity index is 499. The number of hydrogen-bond acceptors (Lipinski definition) is 3. The fourth-order valence-corrected chi connectivity index (χ4v) is 2.79. The van der Waals surface area contributed by atoms with Gasteiger partial charge in [-0.3, -0.25) is 4.79 Å². The molecule has 0 spiro atoms. The van der Waals surface area contributed by atoms with Gasteiger partial charge in [-0.15, -0.1) is 12.4 Å². The third-order valence-corrected chi connectivity index (χ3v) is 4.00. The van der Waals surface area contributed by atoms with Crippen LogP contribution >= 0.6 is 12.4 Å². The number of hydrogen-bond donors (Lipinski definition) is 2. The van der Waals surface area contributed by atoms with Crippen LogP contribution in [0.1, 0.15) is 35.7 Å². The number of ether oxygens (including phenoxy) is 1. The van der Waals surface area contributed by atoms with Crippen molar-refractivity contribution >= 4 is 24.0 Å². The van der Waals surface area contributed by atoms with Crippen molar-refractivity contribution in [2.24, 2.45) is 0 Å². The second-order valence-electron chi connectivity index (χ2n) is 5.63. The zero-order valence-electron chi connectivity index (χ0n) is 11.7. The number of anilines is 1. The normalized spacial score (nSPS) is 23.6. The van der Waals surface area contributed by atoms with E-state index in [4.69, 9.17) is 4.74 Å². The molecule has 4 nitrogen and oxygen atoms in total. The Balaban J connectivity index is 0.00000147. The molecular weight excluding hydrogens is 276 g/mol. The van der Waals surface area contributed by atoms with Crippen LogP contribution < -0.4 is 10.6 Å². The molecule has 0 aliphatic carbocycles. The van der Waals surface area contributed by atoms with Gasteiger partial charge in [0.2, 0.25) is 0 Å². The highest BCUT2D eigenvalue weighted by molar-refractivity contribution is 5.95. The average Bonchev–Trinajstić information content (AvgIpc) is 3.04. The number of benzene rings is 1. The van der Waals surface area contributed by atoms with E-state index in [1.165, 1.54) is 5.56 Å². The highest BCUT2D eigenvalue weighted by Gasteiger charge is 2.30. The Morgan fingerprint density at radius 2 is 2.35 bits per heavy atom. The van der Waals surface area contributed by atoms with E-state index in [9.17, 15) is 4.79 Å². The summed E-state index contributed by atoms with van der Waals surface area (Å²) in [5, 5.41) is 6.29. The first-order chi connectivity index (χ1) is 9.16. The lowest BCUT2D eigenvalue weighted by molar-refractivity contribution is 0.0206. The van der Waals surface area contributed by atoms with Crippen molar-refractivity contribution < 1.29 is 9.53 Å². The van der Waals surface area contributed by atoms with E-state index in [0.717, 1.165) is 43.7 Å². The molecule has 1 fully saturated rings. The minimum absolute atomic E-state index is 0. The zero-order chi connectivity index (χ0) is 13.3. The minimum atomic E-state index is -0.187. The number of amides is 1. The molecule has 2 heterocycles. The predicted octanol–water partition coefficient (Wildman–Crippen LogP) is 2.38. The molecule has 3 rings (SSSR count). The smallest absolute Gasteiger partial charge is 0.251 e. The molecule has 2 aliphatic rings. The van der Waals surface area contributed by atoms with Crippen LogP contribution in [0.4, 0.5) is 5.69 Å². The lowest BCUT2D eigenvalue weighted by atomic mass is 10.0. The van der Waals surface area contributed by atoms with Gasteiger partial charge in [-0.25, -0.2) is 0 Å². The van der Waals surface area contributed by atoms with E-state index in [0.29, 0.717) is 6.54 Å². The molecule has 110 valence electrons. The topological polar surface area (TPSA) is 50.4 Å². The number of nitrogens with one attached hydrogen (secondary N) is 2. The van der Waals surface area contributed by atoms with E-state index >= 15 is 0 Å². The maximum Gasteiger partial charge on any atom is 0.251 e. The molecule has 0 saturated carbocycles. The third-order valence-electron chi connectivity index (χ3n) is 4.00. The lowest BCUT2D eigenvalue weighted by Crippen LogP contribution is -2.40. The summed E-state index contributed by atoms with van der Waals surface area (Å²) in [5.74, 6) is -0.00794. The number of halogens is 1. The molecule has 1 atom stereocenters. The maximum atomic E-state index is 12.2. The molecule has 1 unspecified atom stereocenters. The van der Waals surface area contributed by atoms with Crippen molar-refractivity contribution in [2.75, 3.05) is 25.0 Å². The summed E-state index contributed by atoms with van der Waals surface area (Å²) >= 11 is 0. The van der Waals surface area contributed by atoms with Gasteiger partial charge in [0.1, 0.15) is 0 Å². The fraction of sp³-hybridized carbons (Fsp3) is 0.533. The van der Waals surface area contributed by atoms with Crippen molar-refractivity contribution in [1.29, 1.82) is 0 Å². The van der Waals surface area contributed by atoms with Crippen LogP contribution in [-0.4, -0.2) is 31.2 Å². The summed E-state index contributed by atoms with van der Waals surface area (Å²) in [7, 11) is 0. The molecule has 1 aromatic carbocycles. The van der Waals surface area contributed by atoms with E-state index in [-0.39, 0.29) is 23.9 Å². The van der Waals surface area contributed by atoms with Crippen LogP contribution in [0.25, 0.3) is 0 Å². The molecular formula is C15H21ClN2O2. The highest BCUT2D eigenvalue weighted by atomic mass is 35.5. The summed E-state index contributed by atoms with van der Waals surface area (Å²) in [6.07, 6.45) is 3.09. The summed E-state index contributed by atoms with van der Waals surface area (Å²) in [6.45, 7) is 4.41. The number of carbonyl (C=O) groups is 1. The van der Waals surface area contributed by atoms with E-state index < -0.39 is 0 Å². The first-order valence-corrected chi connectivity index (χ1v) is 6.95. The lowest BCUT2D eigenvalue weighted by Gasteiger charge is -2.23. The minimum Gasteiger partial charge on any atom is -0.384 e. The van der Waals surface area contributed by atoms with Crippen molar-refractivity contribution in [1.82, 2.24) is 5.32 Å². The van der Waals surface area contributed by atoms with Crippen LogP contribution in [0.15, 0.2) is 18.2 Å². The Morgan fingerprint density at radius 1 is 1.50 bits per heavy atom. The van der Waals surface area contributed by atoms with Crippen LogP contribution in [0, 0.1) is 0 Å². The van der Waals surface area contributed by atoms with Crippen molar-refractivity contribution in [2.45, 2.75) is 31.8 Å². The molecule has 0 radical (unpaired) electrons. The van der Waals surface area contributed by atoms with Gasteiger partial charge < -0.3 is 15.4 Å². The van der Waals surface area contributed by atoms with Crippen LogP contribution in [0.5, 0.6) is 0 Å². The highest BCUT2D eigenvalue weighted by Crippen LogP contribution is 2.25. The Kier molecular flexibility index (Phi) is 4.55. The second kappa shape index (κ2) is 6.02. The number of fused-ring (bicyclic) bond motifs is 1. The summed E-state index contributed by atoms with van der Waals surface area (Å²) in [4.78, 5) is 12.2. The van der Waals surface area contributed by atoms with Gasteiger partial charge in [0.25, 0.3) is 5.91 Å². The molecule has 1 amide bonds. The molecule has 0 bridgehead atoms. The van der Waals surface area contributed by atoms with Crippen molar-refractivity contribution in [3.63, 3.8) is 0 Å². The zero-order valence-corrected chi connectivity index (χ0v) is 12.5. The molecule has 0 aromatic heterocycles. The van der Waals surface area contributed by atoms with Crippen LogP contribution in [0.2, 0.25) is 0 Å². The van der Waals surface area contributed by atoms with Gasteiger partial charge in [-0.1, -0.05) is 0 Å². The van der Waals surface area contributed by atoms with E-state index in [1.54, 1.807) is 0 Å². The summed E-state index contributed by atoms with van der Waals surface area (Å²) < 4.78 is 5.68. The summed E-state index contributed by atoms with van der Waals surface area (Å²) in [6, 6.07) is 5.86. The number of carbonyl (C=O) groups excluding carboxylic acids is 1. The van der Waals surface area contributed by atoms with E-state index in [2.05, 4.69) is 17.6 Å². The Hall–Kier alpha value is -1.26.